The van der Waals surface area contributed by atoms with E-state index in [0.717, 1.165) is 15.1 Å². The fraction of sp³-hybridized carbons (Fsp3) is 0.0952. The van der Waals surface area contributed by atoms with Crippen molar-refractivity contribution in [1.82, 2.24) is 13.9 Å². The summed E-state index contributed by atoms with van der Waals surface area (Å²) >= 11 is 6.15. The van der Waals surface area contributed by atoms with Gasteiger partial charge in [0.2, 0.25) is 5.28 Å². The quantitative estimate of drug-likeness (QED) is 0.456. The first-order valence-corrected chi connectivity index (χ1v) is 10.6. The second-order valence-corrected chi connectivity index (χ2v) is 8.62. The molecule has 2 aromatic heterocycles. The summed E-state index contributed by atoms with van der Waals surface area (Å²) in [4.78, 5) is 8.71. The third kappa shape index (κ3) is 3.37. The lowest BCUT2D eigenvalue weighted by Crippen LogP contribution is -2.14. The molecular weight excluding hydrogens is 408 g/mol. The van der Waals surface area contributed by atoms with Gasteiger partial charge < -0.3 is 0 Å². The third-order valence-corrected chi connectivity index (χ3v) is 6.59. The van der Waals surface area contributed by atoms with Crippen LogP contribution in [0.5, 0.6) is 0 Å². The predicted octanol–water partition coefficient (Wildman–Crippen LogP) is 4.36. The predicted molar refractivity (Wildman–Crippen MR) is 111 cm³/mol. The topological polar surface area (TPSA) is 88.6 Å². The van der Waals surface area contributed by atoms with Crippen molar-refractivity contribution in [2.45, 2.75) is 18.2 Å². The number of rotatable bonds is 4. The molecule has 0 bridgehead atoms. The first-order valence-electron chi connectivity index (χ1n) is 8.74. The second kappa shape index (κ2) is 7.32. The SMILES string of the molecule is Cc1ccccc1S(=O)(=O)n1ccc2c(-c3cccc(CC#N)c3)nc(Cl)nc21. The minimum absolute atomic E-state index is 0.0573. The minimum Gasteiger partial charge on any atom is -0.224 e. The Morgan fingerprint density at radius 2 is 1.90 bits per heavy atom. The summed E-state index contributed by atoms with van der Waals surface area (Å²) in [6.07, 6.45) is 1.72. The number of fused-ring (bicyclic) bond motifs is 1. The molecule has 4 rings (SSSR count). The van der Waals surface area contributed by atoms with E-state index in [-0.39, 0.29) is 22.2 Å². The van der Waals surface area contributed by atoms with Crippen molar-refractivity contribution < 1.29 is 8.42 Å². The van der Waals surface area contributed by atoms with Gasteiger partial charge in [0.05, 0.1) is 23.1 Å². The average molecular weight is 423 g/mol. The zero-order valence-electron chi connectivity index (χ0n) is 15.4. The normalized spacial score (nSPS) is 11.5. The molecule has 0 aliphatic carbocycles. The third-order valence-electron chi connectivity index (χ3n) is 4.60. The van der Waals surface area contributed by atoms with Gasteiger partial charge in [-0.25, -0.2) is 17.4 Å². The van der Waals surface area contributed by atoms with Crippen LogP contribution in [0.4, 0.5) is 0 Å². The van der Waals surface area contributed by atoms with E-state index < -0.39 is 10.0 Å². The molecule has 144 valence electrons. The molecule has 0 fully saturated rings. The van der Waals surface area contributed by atoms with Gasteiger partial charge in [0.15, 0.2) is 5.65 Å². The van der Waals surface area contributed by atoms with Crippen LogP contribution < -0.4 is 0 Å². The number of nitrogens with zero attached hydrogens (tertiary/aromatic N) is 4. The van der Waals surface area contributed by atoms with Crippen molar-refractivity contribution in [2.24, 2.45) is 0 Å². The first kappa shape index (κ1) is 19.1. The first-order chi connectivity index (χ1) is 13.9. The maximum absolute atomic E-state index is 13.3. The van der Waals surface area contributed by atoms with E-state index in [4.69, 9.17) is 16.9 Å². The molecule has 0 N–H and O–H groups in total. The highest BCUT2D eigenvalue weighted by atomic mass is 35.5. The zero-order chi connectivity index (χ0) is 20.6. The summed E-state index contributed by atoms with van der Waals surface area (Å²) < 4.78 is 27.6. The van der Waals surface area contributed by atoms with Crippen molar-refractivity contribution in [3.8, 4) is 17.3 Å². The lowest BCUT2D eigenvalue weighted by molar-refractivity contribution is 0.588. The summed E-state index contributed by atoms with van der Waals surface area (Å²) in [6.45, 7) is 1.74. The molecule has 0 aliphatic rings. The highest BCUT2D eigenvalue weighted by Crippen LogP contribution is 2.31. The van der Waals surface area contributed by atoms with Crippen molar-refractivity contribution in [3.63, 3.8) is 0 Å². The Hall–Kier alpha value is -3.21. The maximum atomic E-state index is 13.3. The molecule has 8 heteroatoms. The molecule has 4 aromatic rings. The highest BCUT2D eigenvalue weighted by molar-refractivity contribution is 7.90. The number of nitriles is 1. The second-order valence-electron chi connectivity index (χ2n) is 6.50. The Morgan fingerprint density at radius 3 is 2.66 bits per heavy atom. The Bertz CT molecular complexity index is 1390. The van der Waals surface area contributed by atoms with E-state index in [9.17, 15) is 8.42 Å². The summed E-state index contributed by atoms with van der Waals surface area (Å²) in [5, 5.41) is 9.45. The summed E-state index contributed by atoms with van der Waals surface area (Å²) in [6, 6.07) is 17.9. The van der Waals surface area contributed by atoms with E-state index in [1.165, 1.54) is 6.20 Å². The number of halogens is 1. The number of benzene rings is 2. The van der Waals surface area contributed by atoms with E-state index in [1.54, 1.807) is 37.3 Å². The van der Waals surface area contributed by atoms with E-state index >= 15 is 0 Å². The zero-order valence-corrected chi connectivity index (χ0v) is 16.9. The Balaban J connectivity index is 1.95. The van der Waals surface area contributed by atoms with Crippen LogP contribution in [0, 0.1) is 18.3 Å². The molecule has 0 radical (unpaired) electrons. The summed E-state index contributed by atoms with van der Waals surface area (Å²) in [5.41, 5.74) is 2.92. The lowest BCUT2D eigenvalue weighted by Gasteiger charge is -2.10. The van der Waals surface area contributed by atoms with Crippen LogP contribution in [0.1, 0.15) is 11.1 Å². The van der Waals surface area contributed by atoms with Gasteiger partial charge in [0.1, 0.15) is 0 Å². The van der Waals surface area contributed by atoms with Crippen LogP contribution in [-0.2, 0) is 16.4 Å². The van der Waals surface area contributed by atoms with Crippen LogP contribution >= 0.6 is 11.6 Å². The van der Waals surface area contributed by atoms with Crippen LogP contribution in [0.3, 0.4) is 0 Å². The maximum Gasteiger partial charge on any atom is 0.269 e. The lowest BCUT2D eigenvalue weighted by atomic mass is 10.0. The molecular formula is C21H15ClN4O2S. The molecule has 0 atom stereocenters. The molecule has 2 heterocycles. The number of aryl methyl sites for hydroxylation is 1. The van der Waals surface area contributed by atoms with E-state index in [0.29, 0.717) is 16.6 Å². The fourth-order valence-corrected chi connectivity index (χ4v) is 4.94. The van der Waals surface area contributed by atoms with E-state index in [2.05, 4.69) is 16.0 Å². The van der Waals surface area contributed by atoms with Crippen LogP contribution in [-0.4, -0.2) is 22.4 Å². The van der Waals surface area contributed by atoms with Crippen molar-refractivity contribution >= 4 is 32.7 Å². The molecule has 0 amide bonds. The van der Waals surface area contributed by atoms with Gasteiger partial charge in [0, 0.05) is 17.1 Å². The van der Waals surface area contributed by atoms with Gasteiger partial charge in [-0.05, 0) is 47.9 Å². The Labute approximate surface area is 173 Å². The Morgan fingerprint density at radius 1 is 1.10 bits per heavy atom. The molecule has 0 unspecified atom stereocenters. The molecule has 6 nitrogen and oxygen atoms in total. The molecule has 0 saturated heterocycles. The van der Waals surface area contributed by atoms with Gasteiger partial charge in [-0.2, -0.15) is 10.2 Å². The molecule has 0 spiro atoms. The van der Waals surface area contributed by atoms with Crippen LogP contribution in [0.2, 0.25) is 5.28 Å². The fourth-order valence-electron chi connectivity index (χ4n) is 3.25. The summed E-state index contributed by atoms with van der Waals surface area (Å²) in [7, 11) is -3.86. The average Bonchev–Trinajstić information content (AvgIpc) is 3.12. The molecule has 0 saturated carbocycles. The van der Waals surface area contributed by atoms with Gasteiger partial charge in [-0.1, -0.05) is 36.4 Å². The monoisotopic (exact) mass is 422 g/mol. The van der Waals surface area contributed by atoms with Gasteiger partial charge in [-0.3, -0.25) is 0 Å². The molecule has 0 aliphatic heterocycles. The summed E-state index contributed by atoms with van der Waals surface area (Å²) in [5.74, 6) is 0. The number of aromatic nitrogens is 3. The van der Waals surface area contributed by atoms with Crippen molar-refractivity contribution in [1.29, 1.82) is 5.26 Å². The van der Waals surface area contributed by atoms with E-state index in [1.807, 2.05) is 24.3 Å². The van der Waals surface area contributed by atoms with Gasteiger partial charge >= 0.3 is 0 Å². The highest BCUT2D eigenvalue weighted by Gasteiger charge is 2.23. The standard InChI is InChI=1S/C21H15ClN4O2S/c1-14-5-2-3-8-18(14)29(27,28)26-12-10-17-19(24-21(22)25-20(17)26)16-7-4-6-15(13-16)9-11-23/h2-8,10,12-13H,9H2,1H3. The minimum atomic E-state index is -3.86. The van der Waals surface area contributed by atoms with Gasteiger partial charge in [-0.15, -0.1) is 0 Å². The van der Waals surface area contributed by atoms with Crippen molar-refractivity contribution in [2.75, 3.05) is 0 Å². The number of hydrogen-bond donors (Lipinski definition) is 0. The molecule has 29 heavy (non-hydrogen) atoms. The number of hydrogen-bond acceptors (Lipinski definition) is 5. The smallest absolute Gasteiger partial charge is 0.224 e. The van der Waals surface area contributed by atoms with Crippen molar-refractivity contribution in [3.05, 3.63) is 77.2 Å². The Kier molecular flexibility index (Phi) is 4.82. The largest absolute Gasteiger partial charge is 0.269 e. The van der Waals surface area contributed by atoms with Crippen LogP contribution in [0.15, 0.2) is 65.7 Å². The van der Waals surface area contributed by atoms with Crippen LogP contribution in [0.25, 0.3) is 22.3 Å². The molecule has 2 aromatic carbocycles. The van der Waals surface area contributed by atoms with Gasteiger partial charge in [0.25, 0.3) is 10.0 Å².